The molecular formula is C23H28N2O4. The number of hydrogen-bond acceptors (Lipinski definition) is 5. The Morgan fingerprint density at radius 2 is 1.66 bits per heavy atom. The largest absolute Gasteiger partial charge is 0.478 e. The van der Waals surface area contributed by atoms with Crippen LogP contribution in [0.25, 0.3) is 5.57 Å². The van der Waals surface area contributed by atoms with Gasteiger partial charge in [0.05, 0.1) is 0 Å². The van der Waals surface area contributed by atoms with Crippen molar-refractivity contribution in [2.75, 3.05) is 31.1 Å². The number of carbonyl (C=O) groups is 1. The van der Waals surface area contributed by atoms with E-state index in [1.807, 2.05) is 42.5 Å². The van der Waals surface area contributed by atoms with Crippen LogP contribution in [0.3, 0.4) is 0 Å². The Balaban J connectivity index is 1.73. The van der Waals surface area contributed by atoms with E-state index in [4.69, 9.17) is 9.84 Å². The number of benzene rings is 2. The maximum atomic E-state index is 11.0. The summed E-state index contributed by atoms with van der Waals surface area (Å²) in [5, 5.41) is 19.5. The van der Waals surface area contributed by atoms with Gasteiger partial charge in [-0.25, -0.2) is 4.79 Å². The van der Waals surface area contributed by atoms with Crippen molar-refractivity contribution in [3.63, 3.8) is 0 Å². The van der Waals surface area contributed by atoms with Crippen LogP contribution in [0.1, 0.15) is 19.4 Å². The maximum Gasteiger partial charge on any atom is 0.328 e. The first kappa shape index (κ1) is 20.9. The molecule has 1 aliphatic heterocycles. The number of aliphatic hydroxyl groups excluding tert-OH is 1. The zero-order chi connectivity index (χ0) is 20.8. The number of aliphatic hydroxyl groups is 1. The molecule has 1 saturated heterocycles. The van der Waals surface area contributed by atoms with Gasteiger partial charge in [-0.2, -0.15) is 0 Å². The van der Waals surface area contributed by atoms with Crippen LogP contribution in [-0.2, 0) is 4.79 Å². The van der Waals surface area contributed by atoms with Gasteiger partial charge in [-0.3, -0.25) is 4.90 Å². The van der Waals surface area contributed by atoms with Crippen LogP contribution in [-0.4, -0.2) is 59.6 Å². The fraction of sp³-hybridized carbons (Fsp3) is 0.348. The van der Waals surface area contributed by atoms with Crippen molar-refractivity contribution >= 4 is 17.2 Å². The average Bonchev–Trinajstić information content (AvgIpc) is 2.72. The maximum absolute atomic E-state index is 11.0. The quantitative estimate of drug-likeness (QED) is 0.701. The number of nitrogens with zero attached hydrogens (tertiary/aromatic N) is 2. The minimum atomic E-state index is -0.999. The highest BCUT2D eigenvalue weighted by Crippen LogP contribution is 2.28. The summed E-state index contributed by atoms with van der Waals surface area (Å²) >= 11 is 0. The normalized spacial score (nSPS) is 17.6. The lowest BCUT2D eigenvalue weighted by atomic mass is 10.1. The summed E-state index contributed by atoms with van der Waals surface area (Å²) in [6, 6.07) is 17.6. The fourth-order valence-corrected chi connectivity index (χ4v) is 3.64. The summed E-state index contributed by atoms with van der Waals surface area (Å²) in [5.41, 5.74) is 2.51. The van der Waals surface area contributed by atoms with Crippen molar-refractivity contribution in [1.82, 2.24) is 4.90 Å². The highest BCUT2D eigenvalue weighted by molar-refractivity contribution is 5.90. The summed E-state index contributed by atoms with van der Waals surface area (Å²) in [7, 11) is 0. The molecule has 0 saturated carbocycles. The van der Waals surface area contributed by atoms with Gasteiger partial charge in [0.1, 0.15) is 11.9 Å². The van der Waals surface area contributed by atoms with Gasteiger partial charge >= 0.3 is 5.97 Å². The number of anilines is 1. The molecule has 2 atom stereocenters. The third-order valence-electron chi connectivity index (χ3n) is 5.11. The number of ether oxygens (including phenoxy) is 1. The first-order valence-electron chi connectivity index (χ1n) is 9.85. The van der Waals surface area contributed by atoms with Crippen molar-refractivity contribution in [2.24, 2.45) is 0 Å². The van der Waals surface area contributed by atoms with Gasteiger partial charge in [0.25, 0.3) is 0 Å². The van der Waals surface area contributed by atoms with Crippen LogP contribution in [0.4, 0.5) is 5.69 Å². The molecule has 2 N–H and O–H groups in total. The van der Waals surface area contributed by atoms with Gasteiger partial charge in [-0.1, -0.05) is 36.4 Å². The first-order valence-corrected chi connectivity index (χ1v) is 9.85. The lowest BCUT2D eigenvalue weighted by Crippen LogP contribution is -2.55. The molecule has 1 heterocycles. The van der Waals surface area contributed by atoms with Crippen molar-refractivity contribution in [1.29, 1.82) is 0 Å². The number of piperazine rings is 1. The van der Waals surface area contributed by atoms with Crippen LogP contribution >= 0.6 is 0 Å². The minimum Gasteiger partial charge on any atom is -0.478 e. The van der Waals surface area contributed by atoms with Crippen molar-refractivity contribution in [3.8, 4) is 5.75 Å². The summed E-state index contributed by atoms with van der Waals surface area (Å²) in [6.07, 6.45) is -0.0418. The minimum absolute atomic E-state index is 0.508. The van der Waals surface area contributed by atoms with Crippen LogP contribution in [0, 0.1) is 0 Å². The molecular weight excluding hydrogens is 368 g/mol. The monoisotopic (exact) mass is 396 g/mol. The third kappa shape index (κ3) is 5.37. The molecule has 0 bridgehead atoms. The molecule has 154 valence electrons. The van der Waals surface area contributed by atoms with Gasteiger partial charge in [0, 0.05) is 43.5 Å². The Bertz CT molecular complexity index is 843. The van der Waals surface area contributed by atoms with E-state index in [0.29, 0.717) is 16.9 Å². The van der Waals surface area contributed by atoms with Gasteiger partial charge in [-0.15, -0.1) is 0 Å². The van der Waals surface area contributed by atoms with Crippen molar-refractivity contribution in [3.05, 3.63) is 66.2 Å². The molecule has 6 nitrogen and oxygen atoms in total. The second-order valence-electron chi connectivity index (χ2n) is 7.27. The van der Waals surface area contributed by atoms with Crippen molar-refractivity contribution in [2.45, 2.75) is 26.2 Å². The lowest BCUT2D eigenvalue weighted by Gasteiger charge is -2.41. The van der Waals surface area contributed by atoms with E-state index in [2.05, 4.69) is 21.9 Å². The molecule has 29 heavy (non-hydrogen) atoms. The Labute approximate surface area is 171 Å². The molecule has 2 aromatic rings. The second-order valence-corrected chi connectivity index (χ2v) is 7.27. The first-order chi connectivity index (χ1) is 14.0. The van der Waals surface area contributed by atoms with Crippen LogP contribution < -0.4 is 9.64 Å². The summed E-state index contributed by atoms with van der Waals surface area (Å²) < 4.78 is 6.21. The lowest BCUT2D eigenvalue weighted by molar-refractivity contribution is -0.131. The number of carboxylic acid groups (broad SMARTS) is 1. The fourth-order valence-electron chi connectivity index (χ4n) is 3.64. The molecule has 0 aromatic heterocycles. The number of hydrogen-bond donors (Lipinski definition) is 2. The van der Waals surface area contributed by atoms with Crippen LogP contribution in [0.15, 0.2) is 60.7 Å². The molecule has 6 heteroatoms. The molecule has 2 unspecified atom stereocenters. The third-order valence-corrected chi connectivity index (χ3v) is 5.11. The molecule has 1 fully saturated rings. The average molecular weight is 396 g/mol. The number of carboxylic acids is 1. The zero-order valence-corrected chi connectivity index (χ0v) is 16.9. The standard InChI is InChI=1S/C23H28N2O4/c1-17(16-22(27)28)20-10-6-7-11-21(20)29-23(18(2)26)25-14-12-24(13-15-25)19-8-4-3-5-9-19/h3-11,16,18,23,26H,12-15H2,1-2H3,(H,27,28). The van der Waals surface area contributed by atoms with Gasteiger partial charge < -0.3 is 19.8 Å². The summed E-state index contributed by atoms with van der Waals surface area (Å²) in [4.78, 5) is 15.5. The molecule has 3 rings (SSSR count). The highest BCUT2D eigenvalue weighted by atomic mass is 16.5. The van der Waals surface area contributed by atoms with Crippen LogP contribution in [0.2, 0.25) is 0 Å². The Morgan fingerprint density at radius 3 is 2.28 bits per heavy atom. The van der Waals surface area contributed by atoms with E-state index < -0.39 is 18.3 Å². The molecule has 1 aliphatic rings. The molecule has 0 radical (unpaired) electrons. The SMILES string of the molecule is CC(=CC(=O)O)c1ccccc1OC(C(C)O)N1CCN(c2ccccc2)CC1. The summed E-state index contributed by atoms with van der Waals surface area (Å²) in [6.45, 7) is 6.67. The van der Waals surface area contributed by atoms with E-state index in [0.717, 1.165) is 32.3 Å². The van der Waals surface area contributed by atoms with E-state index in [1.165, 1.54) is 5.69 Å². The molecule has 0 aliphatic carbocycles. The topological polar surface area (TPSA) is 73.2 Å². The van der Waals surface area contributed by atoms with Gasteiger partial charge in [0.15, 0.2) is 6.23 Å². The predicted molar refractivity (Wildman–Crippen MR) is 114 cm³/mol. The van der Waals surface area contributed by atoms with Gasteiger partial charge in [-0.05, 0) is 37.6 Å². The number of rotatable bonds is 7. The Hall–Kier alpha value is -2.83. The zero-order valence-electron chi connectivity index (χ0n) is 16.9. The van der Waals surface area contributed by atoms with Crippen molar-refractivity contribution < 1.29 is 19.7 Å². The van der Waals surface area contributed by atoms with Gasteiger partial charge in [0.2, 0.25) is 0 Å². The van der Waals surface area contributed by atoms with E-state index in [9.17, 15) is 9.90 Å². The Morgan fingerprint density at radius 1 is 1.03 bits per heavy atom. The Kier molecular flexibility index (Phi) is 6.90. The number of para-hydroxylation sites is 2. The second kappa shape index (κ2) is 9.58. The summed E-state index contributed by atoms with van der Waals surface area (Å²) in [5.74, 6) is -0.430. The molecule has 0 amide bonds. The molecule has 0 spiro atoms. The van der Waals surface area contributed by atoms with E-state index in [1.54, 1.807) is 13.8 Å². The van der Waals surface area contributed by atoms with E-state index >= 15 is 0 Å². The number of aliphatic carboxylic acids is 1. The molecule has 2 aromatic carbocycles. The number of allylic oxidation sites excluding steroid dienone is 1. The predicted octanol–water partition coefficient (Wildman–Crippen LogP) is 3.08. The van der Waals surface area contributed by atoms with E-state index in [-0.39, 0.29) is 0 Å². The smallest absolute Gasteiger partial charge is 0.328 e. The highest BCUT2D eigenvalue weighted by Gasteiger charge is 2.29. The van der Waals surface area contributed by atoms with Crippen LogP contribution in [0.5, 0.6) is 5.75 Å².